The van der Waals surface area contributed by atoms with Crippen molar-refractivity contribution in [3.05, 3.63) is 53.9 Å². The third kappa shape index (κ3) is 2.47. The van der Waals surface area contributed by atoms with E-state index in [1.165, 1.54) is 11.3 Å². The summed E-state index contributed by atoms with van der Waals surface area (Å²) in [7, 11) is 0. The molecule has 0 amide bonds. The van der Waals surface area contributed by atoms with Crippen molar-refractivity contribution in [2.75, 3.05) is 13.2 Å². The largest absolute Gasteiger partial charge is 0.486 e. The summed E-state index contributed by atoms with van der Waals surface area (Å²) in [5.41, 5.74) is 2.55. The Labute approximate surface area is 124 Å². The Balaban J connectivity index is 1.39. The zero-order valence-corrected chi connectivity index (χ0v) is 11.8. The van der Waals surface area contributed by atoms with Gasteiger partial charge in [-0.1, -0.05) is 18.2 Å². The molecule has 0 fully saturated rings. The zero-order chi connectivity index (χ0) is 14.1. The number of hydrogen-bond donors (Lipinski definition) is 1. The van der Waals surface area contributed by atoms with E-state index >= 15 is 0 Å². The zero-order valence-electron chi connectivity index (χ0n) is 11.8. The van der Waals surface area contributed by atoms with E-state index < -0.39 is 0 Å². The number of rotatable bonds is 3. The standard InChI is InChI=1S/C17H18N2O2/c1-2-6-16-15(5-1)20-11-13(21-16)10-19-14-8-7-12-4-3-9-18-17(12)14/h1-6,9,13-14,19H,7-8,10-11H2. The van der Waals surface area contributed by atoms with E-state index in [2.05, 4.69) is 16.4 Å². The van der Waals surface area contributed by atoms with Gasteiger partial charge in [-0.25, -0.2) is 0 Å². The second-order valence-corrected chi connectivity index (χ2v) is 5.54. The van der Waals surface area contributed by atoms with Gasteiger partial charge in [-0.2, -0.15) is 0 Å². The van der Waals surface area contributed by atoms with Gasteiger partial charge >= 0.3 is 0 Å². The highest BCUT2D eigenvalue weighted by molar-refractivity contribution is 5.40. The first kappa shape index (κ1) is 12.7. The Morgan fingerprint density at radius 2 is 2.05 bits per heavy atom. The van der Waals surface area contributed by atoms with Crippen LogP contribution in [0.3, 0.4) is 0 Å². The molecule has 4 nitrogen and oxygen atoms in total. The first-order chi connectivity index (χ1) is 10.4. The van der Waals surface area contributed by atoms with Gasteiger partial charge < -0.3 is 14.8 Å². The third-order valence-corrected chi connectivity index (χ3v) is 4.12. The molecule has 1 N–H and O–H groups in total. The molecular weight excluding hydrogens is 264 g/mol. The smallest absolute Gasteiger partial charge is 0.161 e. The number of benzene rings is 1. The van der Waals surface area contributed by atoms with Gasteiger partial charge in [0.2, 0.25) is 0 Å². The number of aryl methyl sites for hydroxylation is 1. The van der Waals surface area contributed by atoms with E-state index in [4.69, 9.17) is 9.47 Å². The minimum absolute atomic E-state index is 0.0488. The first-order valence-electron chi connectivity index (χ1n) is 7.46. The highest BCUT2D eigenvalue weighted by Gasteiger charge is 2.26. The summed E-state index contributed by atoms with van der Waals surface area (Å²) in [4.78, 5) is 4.51. The summed E-state index contributed by atoms with van der Waals surface area (Å²) in [5.74, 6) is 1.67. The molecule has 2 atom stereocenters. The second-order valence-electron chi connectivity index (χ2n) is 5.54. The minimum Gasteiger partial charge on any atom is -0.486 e. The van der Waals surface area contributed by atoms with Crippen molar-refractivity contribution >= 4 is 0 Å². The van der Waals surface area contributed by atoms with Crippen molar-refractivity contribution in [3.63, 3.8) is 0 Å². The fourth-order valence-electron chi connectivity index (χ4n) is 3.05. The number of hydrogen-bond acceptors (Lipinski definition) is 4. The Morgan fingerprint density at radius 3 is 3.00 bits per heavy atom. The fourth-order valence-corrected chi connectivity index (χ4v) is 3.05. The summed E-state index contributed by atoms with van der Waals surface area (Å²) in [5, 5.41) is 3.57. The van der Waals surface area contributed by atoms with Gasteiger partial charge in [-0.05, 0) is 36.6 Å². The summed E-state index contributed by atoms with van der Waals surface area (Å²) < 4.78 is 11.7. The lowest BCUT2D eigenvalue weighted by Gasteiger charge is -2.27. The van der Waals surface area contributed by atoms with Crippen molar-refractivity contribution in [1.82, 2.24) is 10.3 Å². The lowest BCUT2D eigenvalue weighted by molar-refractivity contribution is 0.0880. The molecule has 4 heteroatoms. The van der Waals surface area contributed by atoms with Crippen LogP contribution in [0, 0.1) is 0 Å². The molecule has 0 saturated heterocycles. The van der Waals surface area contributed by atoms with Crippen LogP contribution in [0.5, 0.6) is 11.5 Å². The molecule has 4 rings (SSSR count). The third-order valence-electron chi connectivity index (χ3n) is 4.12. The van der Waals surface area contributed by atoms with Crippen molar-refractivity contribution in [2.24, 2.45) is 0 Å². The maximum absolute atomic E-state index is 5.97. The van der Waals surface area contributed by atoms with Crippen LogP contribution in [0.1, 0.15) is 23.7 Å². The van der Waals surface area contributed by atoms with Gasteiger partial charge in [0.1, 0.15) is 12.7 Å². The minimum atomic E-state index is 0.0488. The number of para-hydroxylation sites is 2. The number of nitrogens with one attached hydrogen (secondary N) is 1. The van der Waals surface area contributed by atoms with Gasteiger partial charge in [-0.15, -0.1) is 0 Å². The quantitative estimate of drug-likeness (QED) is 0.939. The second kappa shape index (κ2) is 5.37. The van der Waals surface area contributed by atoms with Crippen molar-refractivity contribution < 1.29 is 9.47 Å². The van der Waals surface area contributed by atoms with Crippen molar-refractivity contribution in [1.29, 1.82) is 0 Å². The molecule has 1 aromatic carbocycles. The summed E-state index contributed by atoms with van der Waals surface area (Å²) in [6.45, 7) is 1.36. The van der Waals surface area contributed by atoms with Gasteiger partial charge in [0.05, 0.1) is 11.7 Å². The molecule has 108 valence electrons. The van der Waals surface area contributed by atoms with Gasteiger partial charge in [-0.3, -0.25) is 4.98 Å². The predicted octanol–water partition coefficient (Wildman–Crippen LogP) is 2.50. The summed E-state index contributed by atoms with van der Waals surface area (Å²) in [6, 6.07) is 12.3. The Hall–Kier alpha value is -2.07. The van der Waals surface area contributed by atoms with Crippen LogP contribution in [0.4, 0.5) is 0 Å². The molecule has 2 unspecified atom stereocenters. The number of aromatic nitrogens is 1. The molecular formula is C17H18N2O2. The maximum atomic E-state index is 5.97. The van der Waals surface area contributed by atoms with E-state index in [-0.39, 0.29) is 6.10 Å². The molecule has 0 spiro atoms. The van der Waals surface area contributed by atoms with Crippen LogP contribution in [0.15, 0.2) is 42.6 Å². The molecule has 2 heterocycles. The Kier molecular flexibility index (Phi) is 3.24. The molecule has 21 heavy (non-hydrogen) atoms. The molecule has 0 saturated carbocycles. The molecule has 2 aromatic rings. The summed E-state index contributed by atoms with van der Waals surface area (Å²) in [6.07, 6.45) is 4.13. The van der Waals surface area contributed by atoms with Gasteiger partial charge in [0.25, 0.3) is 0 Å². The van der Waals surface area contributed by atoms with E-state index in [0.29, 0.717) is 12.6 Å². The van der Waals surface area contributed by atoms with Crippen LogP contribution in [-0.2, 0) is 6.42 Å². The van der Waals surface area contributed by atoms with Gasteiger partial charge in [0.15, 0.2) is 11.5 Å². The molecule has 0 bridgehead atoms. The highest BCUT2D eigenvalue weighted by Crippen LogP contribution is 2.32. The van der Waals surface area contributed by atoms with Crippen LogP contribution < -0.4 is 14.8 Å². The SMILES string of the molecule is c1cnc2c(c1)CCC2NCC1COc2ccccc2O1. The average Bonchev–Trinajstić information content (AvgIpc) is 2.96. The molecule has 1 aliphatic carbocycles. The van der Waals surface area contributed by atoms with E-state index in [1.54, 1.807) is 0 Å². The number of nitrogens with zero attached hydrogens (tertiary/aromatic N) is 1. The normalized spacial score (nSPS) is 22.9. The van der Waals surface area contributed by atoms with Crippen molar-refractivity contribution in [2.45, 2.75) is 25.0 Å². The van der Waals surface area contributed by atoms with E-state index in [0.717, 1.165) is 30.9 Å². The predicted molar refractivity (Wildman–Crippen MR) is 79.7 cm³/mol. The van der Waals surface area contributed by atoms with Crippen LogP contribution >= 0.6 is 0 Å². The monoisotopic (exact) mass is 282 g/mol. The lowest BCUT2D eigenvalue weighted by atomic mass is 10.2. The Morgan fingerprint density at radius 1 is 1.14 bits per heavy atom. The van der Waals surface area contributed by atoms with Gasteiger partial charge in [0, 0.05) is 12.7 Å². The molecule has 1 aromatic heterocycles. The topological polar surface area (TPSA) is 43.4 Å². The van der Waals surface area contributed by atoms with E-state index in [1.807, 2.05) is 36.5 Å². The average molecular weight is 282 g/mol. The number of ether oxygens (including phenoxy) is 2. The molecule has 2 aliphatic rings. The Bertz CT molecular complexity index is 644. The molecule has 1 aliphatic heterocycles. The summed E-state index contributed by atoms with van der Waals surface area (Å²) >= 11 is 0. The first-order valence-corrected chi connectivity index (χ1v) is 7.46. The number of pyridine rings is 1. The fraction of sp³-hybridized carbons (Fsp3) is 0.353. The van der Waals surface area contributed by atoms with Crippen LogP contribution in [0.2, 0.25) is 0 Å². The molecule has 0 radical (unpaired) electrons. The maximum Gasteiger partial charge on any atom is 0.161 e. The highest BCUT2D eigenvalue weighted by atomic mass is 16.6. The van der Waals surface area contributed by atoms with E-state index in [9.17, 15) is 0 Å². The van der Waals surface area contributed by atoms with Crippen LogP contribution in [0.25, 0.3) is 0 Å². The lowest BCUT2D eigenvalue weighted by Crippen LogP contribution is -2.39. The number of fused-ring (bicyclic) bond motifs is 2. The van der Waals surface area contributed by atoms with Crippen molar-refractivity contribution in [3.8, 4) is 11.5 Å². The van der Waals surface area contributed by atoms with Crippen LogP contribution in [-0.4, -0.2) is 24.2 Å².